The molecule has 29 heavy (non-hydrogen) atoms. The minimum atomic E-state index is -0.652. The third-order valence-electron chi connectivity index (χ3n) is 5.49. The molecule has 2 aromatic rings. The number of carbonyl (C=O) groups is 2. The zero-order valence-electron chi connectivity index (χ0n) is 17.0. The number of methoxy groups -OCH3 is 1. The highest BCUT2D eigenvalue weighted by Gasteiger charge is 2.43. The summed E-state index contributed by atoms with van der Waals surface area (Å²) in [6.07, 6.45) is 1.20. The average molecular weight is 396 g/mol. The Hall–Kier alpha value is -2.86. The number of benzene rings is 2. The summed E-state index contributed by atoms with van der Waals surface area (Å²) < 4.78 is 10.5. The lowest BCUT2D eigenvalue weighted by atomic mass is 9.72. The molecule has 2 aromatic carbocycles. The Kier molecular flexibility index (Phi) is 6.88. The van der Waals surface area contributed by atoms with Crippen LogP contribution in [0.5, 0.6) is 5.75 Å². The predicted molar refractivity (Wildman–Crippen MR) is 112 cm³/mol. The molecule has 0 unspecified atom stereocenters. The van der Waals surface area contributed by atoms with Gasteiger partial charge in [0.1, 0.15) is 12.4 Å². The van der Waals surface area contributed by atoms with Crippen LogP contribution in [0.3, 0.4) is 0 Å². The number of nitrogens with one attached hydrogen (secondary N) is 1. The molecule has 1 saturated heterocycles. The van der Waals surface area contributed by atoms with Crippen molar-refractivity contribution < 1.29 is 19.1 Å². The second-order valence-corrected chi connectivity index (χ2v) is 7.27. The monoisotopic (exact) mass is 396 g/mol. The van der Waals surface area contributed by atoms with Gasteiger partial charge < -0.3 is 19.7 Å². The molecule has 0 bridgehead atoms. The van der Waals surface area contributed by atoms with E-state index in [0.29, 0.717) is 39.1 Å². The van der Waals surface area contributed by atoms with Crippen molar-refractivity contribution in [1.29, 1.82) is 0 Å². The van der Waals surface area contributed by atoms with Gasteiger partial charge in [-0.3, -0.25) is 9.59 Å². The summed E-state index contributed by atoms with van der Waals surface area (Å²) in [4.78, 5) is 26.9. The normalized spacial score (nSPS) is 15.6. The van der Waals surface area contributed by atoms with Crippen LogP contribution in [0.1, 0.15) is 25.3 Å². The molecule has 0 saturated carbocycles. The molecule has 0 aromatic heterocycles. The Morgan fingerprint density at radius 1 is 1.00 bits per heavy atom. The van der Waals surface area contributed by atoms with Crippen molar-refractivity contribution in [2.75, 3.05) is 38.7 Å². The second kappa shape index (κ2) is 9.56. The highest BCUT2D eigenvalue weighted by molar-refractivity contribution is 5.99. The van der Waals surface area contributed by atoms with E-state index in [4.69, 9.17) is 9.47 Å². The summed E-state index contributed by atoms with van der Waals surface area (Å²) in [6.45, 7) is 3.72. The number of hydrogen-bond donors (Lipinski definition) is 1. The van der Waals surface area contributed by atoms with E-state index in [1.807, 2.05) is 54.6 Å². The highest BCUT2D eigenvalue weighted by Crippen LogP contribution is 2.37. The van der Waals surface area contributed by atoms with Crippen molar-refractivity contribution in [3.05, 3.63) is 60.2 Å². The van der Waals surface area contributed by atoms with Gasteiger partial charge in [-0.25, -0.2) is 0 Å². The molecule has 0 aliphatic carbocycles. The molecule has 6 nitrogen and oxygen atoms in total. The number of likely N-dealkylation sites (tertiary alicyclic amines) is 1. The Balaban J connectivity index is 1.75. The van der Waals surface area contributed by atoms with E-state index in [0.717, 1.165) is 17.0 Å². The van der Waals surface area contributed by atoms with Gasteiger partial charge in [0.2, 0.25) is 11.8 Å². The van der Waals surface area contributed by atoms with Crippen LogP contribution in [0.2, 0.25) is 0 Å². The largest absolute Gasteiger partial charge is 0.491 e. The van der Waals surface area contributed by atoms with E-state index in [9.17, 15) is 9.59 Å². The Morgan fingerprint density at radius 3 is 2.24 bits per heavy atom. The quantitative estimate of drug-likeness (QED) is 0.730. The lowest BCUT2D eigenvalue weighted by Gasteiger charge is -2.40. The van der Waals surface area contributed by atoms with Crippen LogP contribution >= 0.6 is 0 Å². The van der Waals surface area contributed by atoms with Gasteiger partial charge >= 0.3 is 0 Å². The van der Waals surface area contributed by atoms with E-state index in [2.05, 4.69) is 5.32 Å². The topological polar surface area (TPSA) is 67.9 Å². The number of anilines is 1. The third-order valence-corrected chi connectivity index (χ3v) is 5.49. The molecule has 3 rings (SSSR count). The van der Waals surface area contributed by atoms with E-state index in [-0.39, 0.29) is 11.8 Å². The number of carbonyl (C=O) groups excluding carboxylic acids is 2. The molecule has 1 N–H and O–H groups in total. The summed E-state index contributed by atoms with van der Waals surface area (Å²) in [6, 6.07) is 17.2. The first kappa shape index (κ1) is 20.9. The van der Waals surface area contributed by atoms with Gasteiger partial charge in [0, 0.05) is 32.8 Å². The summed E-state index contributed by atoms with van der Waals surface area (Å²) in [5.41, 5.74) is 1.06. The van der Waals surface area contributed by atoms with Gasteiger partial charge in [-0.15, -0.1) is 0 Å². The zero-order valence-corrected chi connectivity index (χ0v) is 17.0. The van der Waals surface area contributed by atoms with Crippen LogP contribution in [-0.2, 0) is 19.7 Å². The number of rotatable bonds is 7. The fraction of sp³-hybridized carbons (Fsp3) is 0.391. The van der Waals surface area contributed by atoms with Gasteiger partial charge in [0.15, 0.2) is 0 Å². The molecule has 1 aliphatic rings. The smallest absolute Gasteiger partial charge is 0.235 e. The maximum atomic E-state index is 13.4. The Morgan fingerprint density at radius 2 is 1.66 bits per heavy atom. The first-order valence-corrected chi connectivity index (χ1v) is 9.89. The van der Waals surface area contributed by atoms with Crippen molar-refractivity contribution in [2.45, 2.75) is 25.2 Å². The van der Waals surface area contributed by atoms with E-state index in [1.165, 1.54) is 0 Å². The lowest BCUT2D eigenvalue weighted by Crippen LogP contribution is -2.50. The number of ether oxygens (including phenoxy) is 2. The summed E-state index contributed by atoms with van der Waals surface area (Å²) >= 11 is 0. The van der Waals surface area contributed by atoms with Crippen LogP contribution in [0, 0.1) is 0 Å². The van der Waals surface area contributed by atoms with Gasteiger partial charge in [-0.1, -0.05) is 30.3 Å². The molecule has 0 spiro atoms. The summed E-state index contributed by atoms with van der Waals surface area (Å²) in [5.74, 6) is 0.740. The molecule has 1 heterocycles. The van der Waals surface area contributed by atoms with Crippen LogP contribution in [0.4, 0.5) is 5.69 Å². The van der Waals surface area contributed by atoms with Gasteiger partial charge in [-0.05, 0) is 42.7 Å². The minimum absolute atomic E-state index is 0.0417. The highest BCUT2D eigenvalue weighted by atomic mass is 16.5. The number of piperidine rings is 1. The van der Waals surface area contributed by atoms with Crippen molar-refractivity contribution in [2.24, 2.45) is 0 Å². The van der Waals surface area contributed by atoms with Gasteiger partial charge in [0.05, 0.1) is 12.0 Å². The van der Waals surface area contributed by atoms with E-state index < -0.39 is 5.41 Å². The molecule has 0 atom stereocenters. The predicted octanol–water partition coefficient (Wildman–Crippen LogP) is 3.23. The number of nitrogens with zero attached hydrogens (tertiary/aromatic N) is 1. The standard InChI is InChI=1S/C23H28N2O4/c1-18(26)25-14-12-23(13-15-25,19-6-4-3-5-7-19)22(27)24-20-8-10-21(11-9-20)29-17-16-28-2/h3-11H,12-17H2,1-2H3,(H,24,27). The maximum Gasteiger partial charge on any atom is 0.235 e. The second-order valence-electron chi connectivity index (χ2n) is 7.27. The molecule has 154 valence electrons. The molecule has 1 fully saturated rings. The van der Waals surface area contributed by atoms with Crippen molar-refractivity contribution in [3.8, 4) is 5.75 Å². The first-order valence-electron chi connectivity index (χ1n) is 9.89. The Labute approximate surface area is 171 Å². The van der Waals surface area contributed by atoms with Crippen LogP contribution in [-0.4, -0.2) is 50.1 Å². The Bertz CT molecular complexity index is 813. The van der Waals surface area contributed by atoms with Crippen molar-refractivity contribution in [1.82, 2.24) is 4.90 Å². The van der Waals surface area contributed by atoms with E-state index >= 15 is 0 Å². The molecule has 1 aliphatic heterocycles. The number of amides is 2. The fourth-order valence-corrected chi connectivity index (χ4v) is 3.74. The van der Waals surface area contributed by atoms with Crippen LogP contribution in [0.25, 0.3) is 0 Å². The van der Waals surface area contributed by atoms with Crippen molar-refractivity contribution >= 4 is 17.5 Å². The third kappa shape index (κ3) is 4.95. The summed E-state index contributed by atoms with van der Waals surface area (Å²) in [5, 5.41) is 3.07. The van der Waals surface area contributed by atoms with Crippen LogP contribution < -0.4 is 10.1 Å². The lowest BCUT2D eigenvalue weighted by molar-refractivity contribution is -0.133. The maximum absolute atomic E-state index is 13.4. The van der Waals surface area contributed by atoms with Gasteiger partial charge in [0.25, 0.3) is 0 Å². The average Bonchev–Trinajstić information content (AvgIpc) is 2.75. The molecular formula is C23H28N2O4. The molecular weight excluding hydrogens is 368 g/mol. The van der Waals surface area contributed by atoms with E-state index in [1.54, 1.807) is 18.9 Å². The van der Waals surface area contributed by atoms with Gasteiger partial charge in [-0.2, -0.15) is 0 Å². The first-order chi connectivity index (χ1) is 14.0. The molecule has 0 radical (unpaired) electrons. The molecule has 6 heteroatoms. The zero-order chi connectivity index (χ0) is 20.7. The number of hydrogen-bond acceptors (Lipinski definition) is 4. The van der Waals surface area contributed by atoms with Crippen molar-refractivity contribution in [3.63, 3.8) is 0 Å². The SMILES string of the molecule is COCCOc1ccc(NC(=O)C2(c3ccccc3)CCN(C(C)=O)CC2)cc1. The summed E-state index contributed by atoms with van der Waals surface area (Å²) in [7, 11) is 1.63. The fourth-order valence-electron chi connectivity index (χ4n) is 3.74. The molecule has 2 amide bonds. The minimum Gasteiger partial charge on any atom is -0.491 e. The van der Waals surface area contributed by atoms with Crippen LogP contribution in [0.15, 0.2) is 54.6 Å².